The summed E-state index contributed by atoms with van der Waals surface area (Å²) in [7, 11) is 0. The van der Waals surface area contributed by atoms with Gasteiger partial charge in [-0.3, -0.25) is 10.1 Å². The van der Waals surface area contributed by atoms with Crippen molar-refractivity contribution in [2.45, 2.75) is 6.61 Å². The predicted octanol–water partition coefficient (Wildman–Crippen LogP) is 1.80. The van der Waals surface area contributed by atoms with Crippen LogP contribution in [-0.4, -0.2) is 11.7 Å². The molecule has 0 unspecified atom stereocenters. The van der Waals surface area contributed by atoms with Gasteiger partial charge in [0, 0.05) is 11.6 Å². The number of hydrogen-bond acceptors (Lipinski definition) is 4. The molecule has 1 aliphatic heterocycles. The zero-order valence-corrected chi connectivity index (χ0v) is 7.88. The normalized spacial score (nSPS) is 14.7. The fraction of sp³-hybridized carbons (Fsp3) is 0.200. The summed E-state index contributed by atoms with van der Waals surface area (Å²) in [6.07, 6.45) is 2.35. The van der Waals surface area contributed by atoms with Gasteiger partial charge in [0.1, 0.15) is 5.75 Å². The topological polar surface area (TPSA) is 61.6 Å². The van der Waals surface area contributed by atoms with E-state index in [0.717, 1.165) is 23.1 Å². The van der Waals surface area contributed by atoms with E-state index in [1.807, 2.05) is 6.07 Å². The molecule has 0 amide bonds. The van der Waals surface area contributed by atoms with E-state index in [-0.39, 0.29) is 6.79 Å². The van der Waals surface area contributed by atoms with E-state index in [4.69, 9.17) is 9.47 Å². The molecule has 1 aromatic rings. The van der Waals surface area contributed by atoms with Crippen LogP contribution in [0.1, 0.15) is 11.1 Å². The third-order valence-corrected chi connectivity index (χ3v) is 2.09. The summed E-state index contributed by atoms with van der Waals surface area (Å²) >= 11 is 0. The molecular weight excluding hydrogens is 198 g/mol. The lowest BCUT2D eigenvalue weighted by Crippen LogP contribution is -2.12. The molecule has 5 heteroatoms. The van der Waals surface area contributed by atoms with E-state index in [2.05, 4.69) is 0 Å². The first-order valence-corrected chi connectivity index (χ1v) is 4.41. The SMILES string of the molecule is O=[N+]([O-])/C=C/c1cccc2c1COCO2. The van der Waals surface area contributed by atoms with E-state index >= 15 is 0 Å². The number of benzene rings is 1. The van der Waals surface area contributed by atoms with Crippen molar-refractivity contribution in [3.8, 4) is 5.75 Å². The molecule has 5 nitrogen and oxygen atoms in total. The van der Waals surface area contributed by atoms with Crippen LogP contribution in [0, 0.1) is 10.1 Å². The van der Waals surface area contributed by atoms with E-state index < -0.39 is 4.92 Å². The minimum atomic E-state index is -0.496. The summed E-state index contributed by atoms with van der Waals surface area (Å²) < 4.78 is 10.4. The fourth-order valence-corrected chi connectivity index (χ4v) is 1.42. The van der Waals surface area contributed by atoms with Gasteiger partial charge in [0.15, 0.2) is 6.79 Å². The smallest absolute Gasteiger partial charge is 0.235 e. The van der Waals surface area contributed by atoms with Crippen LogP contribution in [0.5, 0.6) is 5.75 Å². The lowest BCUT2D eigenvalue weighted by Gasteiger charge is -2.18. The van der Waals surface area contributed by atoms with Gasteiger partial charge in [-0.1, -0.05) is 12.1 Å². The number of rotatable bonds is 2. The molecule has 15 heavy (non-hydrogen) atoms. The van der Waals surface area contributed by atoms with Crippen molar-refractivity contribution in [1.29, 1.82) is 0 Å². The molecule has 0 saturated heterocycles. The lowest BCUT2D eigenvalue weighted by atomic mass is 10.1. The molecule has 0 spiro atoms. The molecule has 1 aliphatic rings. The van der Waals surface area contributed by atoms with Crippen LogP contribution in [-0.2, 0) is 11.3 Å². The Morgan fingerprint density at radius 2 is 2.33 bits per heavy atom. The number of hydrogen-bond donors (Lipinski definition) is 0. The first kappa shape index (κ1) is 9.67. The number of fused-ring (bicyclic) bond motifs is 1. The molecule has 1 aromatic carbocycles. The zero-order valence-electron chi connectivity index (χ0n) is 7.88. The van der Waals surface area contributed by atoms with Crippen molar-refractivity contribution < 1.29 is 14.4 Å². The highest BCUT2D eigenvalue weighted by atomic mass is 16.7. The van der Waals surface area contributed by atoms with Crippen LogP contribution in [0.3, 0.4) is 0 Å². The van der Waals surface area contributed by atoms with Crippen molar-refractivity contribution in [2.75, 3.05) is 6.79 Å². The Morgan fingerprint density at radius 3 is 3.13 bits per heavy atom. The van der Waals surface area contributed by atoms with Gasteiger partial charge in [-0.05, 0) is 11.6 Å². The minimum Gasteiger partial charge on any atom is -0.467 e. The van der Waals surface area contributed by atoms with Crippen LogP contribution in [0.4, 0.5) is 0 Å². The summed E-state index contributed by atoms with van der Waals surface area (Å²) in [6, 6.07) is 5.40. The van der Waals surface area contributed by atoms with Crippen LogP contribution < -0.4 is 4.74 Å². The maximum Gasteiger partial charge on any atom is 0.235 e. The van der Waals surface area contributed by atoms with Crippen molar-refractivity contribution in [3.63, 3.8) is 0 Å². The average Bonchev–Trinajstić information content (AvgIpc) is 2.26. The summed E-state index contributed by atoms with van der Waals surface area (Å²) in [4.78, 5) is 9.70. The van der Waals surface area contributed by atoms with Crippen LogP contribution in [0.15, 0.2) is 24.4 Å². The Labute approximate surface area is 86.1 Å². The summed E-state index contributed by atoms with van der Waals surface area (Å²) in [5.74, 6) is 0.728. The largest absolute Gasteiger partial charge is 0.467 e. The Bertz CT molecular complexity index is 414. The van der Waals surface area contributed by atoms with Crippen LogP contribution in [0.25, 0.3) is 6.08 Å². The second-order valence-electron chi connectivity index (χ2n) is 3.04. The molecule has 2 rings (SSSR count). The zero-order chi connectivity index (χ0) is 10.7. The van der Waals surface area contributed by atoms with Gasteiger partial charge in [-0.25, -0.2) is 0 Å². The van der Waals surface area contributed by atoms with Gasteiger partial charge < -0.3 is 9.47 Å². The van der Waals surface area contributed by atoms with Crippen molar-refractivity contribution in [2.24, 2.45) is 0 Å². The van der Waals surface area contributed by atoms with Gasteiger partial charge in [-0.15, -0.1) is 0 Å². The van der Waals surface area contributed by atoms with E-state index in [9.17, 15) is 10.1 Å². The maximum absolute atomic E-state index is 10.2. The Kier molecular flexibility index (Phi) is 2.64. The van der Waals surface area contributed by atoms with E-state index in [0.29, 0.717) is 6.61 Å². The Hall–Kier alpha value is -1.88. The van der Waals surface area contributed by atoms with Crippen molar-refractivity contribution in [3.05, 3.63) is 45.6 Å². The minimum absolute atomic E-state index is 0.232. The van der Waals surface area contributed by atoms with Gasteiger partial charge >= 0.3 is 0 Å². The molecule has 0 bridgehead atoms. The van der Waals surface area contributed by atoms with Gasteiger partial charge in [0.05, 0.1) is 11.5 Å². The second kappa shape index (κ2) is 4.10. The molecule has 0 N–H and O–H groups in total. The molecule has 0 aromatic heterocycles. The second-order valence-corrected chi connectivity index (χ2v) is 3.04. The molecule has 0 aliphatic carbocycles. The number of nitrogens with zero attached hydrogens (tertiary/aromatic N) is 1. The highest BCUT2D eigenvalue weighted by Gasteiger charge is 2.12. The lowest BCUT2D eigenvalue weighted by molar-refractivity contribution is -0.400. The standard InChI is InChI=1S/C10H9NO4/c12-11(13)5-4-8-2-1-3-10-9(8)6-14-7-15-10/h1-5H,6-7H2/b5-4+. The van der Waals surface area contributed by atoms with Gasteiger partial charge in [-0.2, -0.15) is 0 Å². The molecule has 0 atom stereocenters. The van der Waals surface area contributed by atoms with Crippen LogP contribution in [0.2, 0.25) is 0 Å². The van der Waals surface area contributed by atoms with Crippen molar-refractivity contribution in [1.82, 2.24) is 0 Å². The molecule has 0 saturated carbocycles. The highest BCUT2D eigenvalue weighted by Crippen LogP contribution is 2.27. The molecule has 0 radical (unpaired) electrons. The van der Waals surface area contributed by atoms with Crippen LogP contribution >= 0.6 is 0 Å². The van der Waals surface area contributed by atoms with E-state index in [1.54, 1.807) is 12.1 Å². The third-order valence-electron chi connectivity index (χ3n) is 2.09. The summed E-state index contributed by atoms with van der Waals surface area (Å²) in [5.41, 5.74) is 1.60. The average molecular weight is 207 g/mol. The van der Waals surface area contributed by atoms with Crippen molar-refractivity contribution >= 4 is 6.08 Å². The predicted molar refractivity (Wildman–Crippen MR) is 52.8 cm³/mol. The molecule has 0 fully saturated rings. The summed E-state index contributed by atoms with van der Waals surface area (Å²) in [6.45, 7) is 0.656. The number of nitro groups is 1. The Balaban J connectivity index is 2.35. The first-order valence-electron chi connectivity index (χ1n) is 4.41. The first-order chi connectivity index (χ1) is 7.27. The monoisotopic (exact) mass is 207 g/mol. The number of ether oxygens (including phenoxy) is 2. The van der Waals surface area contributed by atoms with E-state index in [1.165, 1.54) is 6.08 Å². The molecule has 1 heterocycles. The fourth-order valence-electron chi connectivity index (χ4n) is 1.42. The quantitative estimate of drug-likeness (QED) is 0.548. The summed E-state index contributed by atoms with van der Waals surface area (Å²) in [5, 5.41) is 10.2. The van der Waals surface area contributed by atoms with Gasteiger partial charge in [0.2, 0.25) is 6.20 Å². The molecule has 78 valence electrons. The third kappa shape index (κ3) is 2.13. The Morgan fingerprint density at radius 1 is 1.47 bits per heavy atom. The highest BCUT2D eigenvalue weighted by molar-refractivity contribution is 5.57. The molecular formula is C10H9NO4. The maximum atomic E-state index is 10.2. The van der Waals surface area contributed by atoms with Gasteiger partial charge in [0.25, 0.3) is 0 Å².